The number of fused-ring (bicyclic) bond motifs is 3. The van der Waals surface area contributed by atoms with Gasteiger partial charge in [-0.05, 0) is 36.6 Å². The maximum atomic E-state index is 14.0. The van der Waals surface area contributed by atoms with Crippen LogP contribution in [-0.4, -0.2) is 46.0 Å². The predicted octanol–water partition coefficient (Wildman–Crippen LogP) is 4.32. The van der Waals surface area contributed by atoms with Crippen LogP contribution < -0.4 is 19.9 Å². The van der Waals surface area contributed by atoms with Crippen LogP contribution in [0.5, 0.6) is 5.88 Å². The van der Waals surface area contributed by atoms with Crippen LogP contribution in [0.15, 0.2) is 42.7 Å². The number of carbonyl (C=O) groups excluding carboxylic acids is 2. The smallest absolute Gasteiger partial charge is 0.434 e. The quantitative estimate of drug-likeness (QED) is 0.558. The fourth-order valence-electron chi connectivity index (χ4n) is 4.94. The first-order chi connectivity index (χ1) is 17.8. The second-order valence-electron chi connectivity index (χ2n) is 9.09. The van der Waals surface area contributed by atoms with Gasteiger partial charge in [-0.1, -0.05) is 12.1 Å². The SMILES string of the molecule is O=C1CCCN1c1ccc(-c2cnc(Nc3cnc4c(c3)N3C(=O)CCC3CO4)nc2C(F)(F)F)cc1. The van der Waals surface area contributed by atoms with Gasteiger partial charge in [0.15, 0.2) is 5.69 Å². The number of pyridine rings is 1. The maximum absolute atomic E-state index is 14.0. The van der Waals surface area contributed by atoms with Crippen molar-refractivity contribution < 1.29 is 27.5 Å². The number of rotatable bonds is 4. The van der Waals surface area contributed by atoms with Gasteiger partial charge in [0.2, 0.25) is 23.6 Å². The molecule has 5 heterocycles. The summed E-state index contributed by atoms with van der Waals surface area (Å²) in [5, 5.41) is 2.77. The number of nitrogens with one attached hydrogen (secondary N) is 1. The van der Waals surface area contributed by atoms with Crippen molar-refractivity contribution in [1.82, 2.24) is 15.0 Å². The van der Waals surface area contributed by atoms with E-state index in [2.05, 4.69) is 20.3 Å². The lowest BCUT2D eigenvalue weighted by molar-refractivity contribution is -0.140. The van der Waals surface area contributed by atoms with Crippen LogP contribution in [0.4, 0.5) is 36.2 Å². The fraction of sp³-hybridized carbons (Fsp3) is 0.320. The average Bonchev–Trinajstić information content (AvgIpc) is 3.49. The first-order valence-corrected chi connectivity index (χ1v) is 11.8. The molecule has 3 aromatic rings. The number of amides is 2. The van der Waals surface area contributed by atoms with Crippen LogP contribution in [0.1, 0.15) is 31.4 Å². The summed E-state index contributed by atoms with van der Waals surface area (Å²) >= 11 is 0. The van der Waals surface area contributed by atoms with Crippen LogP contribution in [0.25, 0.3) is 11.1 Å². The third-order valence-corrected chi connectivity index (χ3v) is 6.71. The number of alkyl halides is 3. The number of benzene rings is 1. The molecule has 0 radical (unpaired) electrons. The van der Waals surface area contributed by atoms with Crippen molar-refractivity contribution in [2.24, 2.45) is 0 Å². The van der Waals surface area contributed by atoms with Gasteiger partial charge in [0.25, 0.3) is 0 Å². The second-order valence-corrected chi connectivity index (χ2v) is 9.09. The van der Waals surface area contributed by atoms with Crippen molar-refractivity contribution in [1.29, 1.82) is 0 Å². The predicted molar refractivity (Wildman–Crippen MR) is 128 cm³/mol. The van der Waals surface area contributed by atoms with Crippen molar-refractivity contribution in [2.75, 3.05) is 28.3 Å². The Balaban J connectivity index is 1.29. The molecule has 1 aromatic carbocycles. The lowest BCUT2D eigenvalue weighted by Crippen LogP contribution is -2.40. The van der Waals surface area contributed by atoms with Gasteiger partial charge in [-0.15, -0.1) is 0 Å². The summed E-state index contributed by atoms with van der Waals surface area (Å²) in [7, 11) is 0. The molecule has 1 atom stereocenters. The van der Waals surface area contributed by atoms with Gasteiger partial charge in [0.1, 0.15) is 12.3 Å². The molecule has 9 nitrogen and oxygen atoms in total. The summed E-state index contributed by atoms with van der Waals surface area (Å²) in [5.41, 5.74) is 0.428. The summed E-state index contributed by atoms with van der Waals surface area (Å²) < 4.78 is 47.6. The number of ether oxygens (including phenoxy) is 1. The Morgan fingerprint density at radius 1 is 1.03 bits per heavy atom. The molecule has 2 saturated heterocycles. The molecular formula is C25H21F3N6O3. The molecule has 190 valence electrons. The number of anilines is 4. The van der Waals surface area contributed by atoms with Crippen LogP contribution >= 0.6 is 0 Å². The van der Waals surface area contributed by atoms with Crippen LogP contribution in [0.3, 0.4) is 0 Å². The van der Waals surface area contributed by atoms with Gasteiger partial charge < -0.3 is 19.9 Å². The minimum absolute atomic E-state index is 0.00432. The van der Waals surface area contributed by atoms with E-state index in [9.17, 15) is 22.8 Å². The van der Waals surface area contributed by atoms with Gasteiger partial charge >= 0.3 is 6.18 Å². The second kappa shape index (κ2) is 8.71. The van der Waals surface area contributed by atoms with Gasteiger partial charge in [-0.2, -0.15) is 13.2 Å². The van der Waals surface area contributed by atoms with E-state index in [4.69, 9.17) is 4.74 Å². The average molecular weight is 510 g/mol. The molecule has 12 heteroatoms. The molecule has 6 rings (SSSR count). The molecule has 0 bridgehead atoms. The summed E-state index contributed by atoms with van der Waals surface area (Å²) in [6, 6.07) is 7.81. The van der Waals surface area contributed by atoms with E-state index in [0.717, 1.165) is 12.6 Å². The molecule has 3 aliphatic rings. The highest BCUT2D eigenvalue weighted by molar-refractivity contribution is 5.98. The molecule has 2 aromatic heterocycles. The molecule has 2 fully saturated rings. The molecule has 3 aliphatic heterocycles. The first-order valence-electron chi connectivity index (χ1n) is 11.8. The largest absolute Gasteiger partial charge is 0.474 e. The minimum Gasteiger partial charge on any atom is -0.474 e. The summed E-state index contributed by atoms with van der Waals surface area (Å²) in [4.78, 5) is 39.6. The van der Waals surface area contributed by atoms with E-state index in [1.807, 2.05) is 0 Å². The zero-order valence-corrected chi connectivity index (χ0v) is 19.5. The Bertz CT molecular complexity index is 1400. The van der Waals surface area contributed by atoms with E-state index in [-0.39, 0.29) is 34.9 Å². The van der Waals surface area contributed by atoms with E-state index < -0.39 is 11.9 Å². The molecule has 0 saturated carbocycles. The lowest BCUT2D eigenvalue weighted by atomic mass is 10.0. The highest BCUT2D eigenvalue weighted by atomic mass is 19.4. The summed E-state index contributed by atoms with van der Waals surface area (Å²) in [5.74, 6) is -0.0228. The first kappa shape index (κ1) is 23.2. The van der Waals surface area contributed by atoms with Crippen LogP contribution in [-0.2, 0) is 15.8 Å². The van der Waals surface area contributed by atoms with E-state index in [0.29, 0.717) is 55.4 Å². The monoisotopic (exact) mass is 510 g/mol. The third-order valence-electron chi connectivity index (χ3n) is 6.71. The van der Waals surface area contributed by atoms with E-state index in [1.165, 1.54) is 18.3 Å². The van der Waals surface area contributed by atoms with Crippen molar-refractivity contribution in [3.05, 3.63) is 48.4 Å². The molecule has 1 unspecified atom stereocenters. The van der Waals surface area contributed by atoms with E-state index >= 15 is 0 Å². The number of nitrogens with zero attached hydrogens (tertiary/aromatic N) is 5. The van der Waals surface area contributed by atoms with Gasteiger partial charge in [0.05, 0.1) is 17.9 Å². The zero-order chi connectivity index (χ0) is 25.7. The fourth-order valence-corrected chi connectivity index (χ4v) is 4.94. The number of halogens is 3. The van der Waals surface area contributed by atoms with Gasteiger partial charge in [-0.25, -0.2) is 15.0 Å². The normalized spacial score (nSPS) is 19.1. The topological polar surface area (TPSA) is 101 Å². The Labute approximate surface area is 209 Å². The Morgan fingerprint density at radius 2 is 1.84 bits per heavy atom. The molecule has 1 N–H and O–H groups in total. The van der Waals surface area contributed by atoms with Crippen LogP contribution in [0, 0.1) is 0 Å². The van der Waals surface area contributed by atoms with Crippen molar-refractivity contribution in [2.45, 2.75) is 37.9 Å². The Hall–Kier alpha value is -4.22. The zero-order valence-electron chi connectivity index (χ0n) is 19.5. The molecule has 2 amide bonds. The molecule has 0 spiro atoms. The summed E-state index contributed by atoms with van der Waals surface area (Å²) in [6.07, 6.45) is 0.0542. The molecule has 37 heavy (non-hydrogen) atoms. The van der Waals surface area contributed by atoms with E-state index in [1.54, 1.807) is 28.0 Å². The highest BCUT2D eigenvalue weighted by Gasteiger charge is 2.39. The highest BCUT2D eigenvalue weighted by Crippen LogP contribution is 2.40. The Morgan fingerprint density at radius 3 is 2.57 bits per heavy atom. The van der Waals surface area contributed by atoms with Gasteiger partial charge in [-0.3, -0.25) is 9.59 Å². The standard InChI is InChI=1S/C25H21F3N6O3/c26-25(27,28)22-18(14-3-5-16(6-4-14)33-9-1-2-20(33)35)12-30-24(32-22)31-15-10-19-23(29-11-15)37-13-17-7-8-21(36)34(17)19/h3-6,10-12,17H,1-2,7-9,13H2,(H,30,31,32). The Kier molecular flexibility index (Phi) is 5.46. The van der Waals surface area contributed by atoms with Crippen LogP contribution in [0.2, 0.25) is 0 Å². The molecule has 0 aliphatic carbocycles. The summed E-state index contributed by atoms with van der Waals surface area (Å²) in [6.45, 7) is 0.944. The third kappa shape index (κ3) is 4.21. The number of aromatic nitrogens is 3. The number of carbonyl (C=O) groups is 2. The maximum Gasteiger partial charge on any atom is 0.434 e. The van der Waals surface area contributed by atoms with Crippen molar-refractivity contribution in [3.63, 3.8) is 0 Å². The lowest BCUT2D eigenvalue weighted by Gasteiger charge is -2.31. The van der Waals surface area contributed by atoms with Gasteiger partial charge in [0, 0.05) is 36.8 Å². The van der Waals surface area contributed by atoms with Crippen molar-refractivity contribution in [3.8, 4) is 17.0 Å². The number of hydrogen-bond acceptors (Lipinski definition) is 7. The van der Waals surface area contributed by atoms with Crippen molar-refractivity contribution >= 4 is 34.8 Å². The molecular weight excluding hydrogens is 489 g/mol. The minimum atomic E-state index is -4.74. The number of hydrogen-bond donors (Lipinski definition) is 1.